The van der Waals surface area contributed by atoms with Gasteiger partial charge in [-0.05, 0) is 87.2 Å². The van der Waals surface area contributed by atoms with Crippen LogP contribution in [0, 0.1) is 0 Å². The number of rotatable bonds is 5. The van der Waals surface area contributed by atoms with Crippen LogP contribution in [0.15, 0.2) is 6.07 Å². The summed E-state index contributed by atoms with van der Waals surface area (Å²) in [6.45, 7) is 1.37. The van der Waals surface area contributed by atoms with Gasteiger partial charge in [0.05, 0.1) is 0 Å². The molecule has 1 aliphatic heterocycles. The van der Waals surface area contributed by atoms with E-state index in [1.807, 2.05) is 7.05 Å². The van der Waals surface area contributed by atoms with Crippen LogP contribution in [0.3, 0.4) is 0 Å². The molecule has 1 aromatic rings. The van der Waals surface area contributed by atoms with E-state index in [-0.39, 0.29) is 57.4 Å². The number of anilines is 1. The molecule has 1 atom stereocenters. The predicted octanol–water partition coefficient (Wildman–Crippen LogP) is 1.68. The number of nitrogens with zero attached hydrogens (tertiary/aromatic N) is 2. The standard InChI is InChI=1S/C20H30N4O3S.K/c1-23-11-5-8-16(23)13-24(2)28(26,27)22-20(25)21-19-17-9-3-6-14(17)12-15-7-4-10-18(15)19;/h12,16H,3-11,13H2,1-2H3,(H2,21,22,25);/t16-;/m1./s1. The molecular weight excluding hydrogens is 415 g/mol. The first-order valence-electron chi connectivity index (χ1n) is 10.3. The van der Waals surface area contributed by atoms with Gasteiger partial charge in [-0.2, -0.15) is 12.7 Å². The minimum Gasteiger partial charge on any atom is -0.307 e. The van der Waals surface area contributed by atoms with Crippen molar-refractivity contribution in [2.45, 2.75) is 57.4 Å². The van der Waals surface area contributed by atoms with Gasteiger partial charge in [-0.15, -0.1) is 0 Å². The Labute approximate surface area is 216 Å². The average molecular weight is 446 g/mol. The molecule has 155 valence electrons. The van der Waals surface area contributed by atoms with Crippen LogP contribution < -0.4 is 10.0 Å². The van der Waals surface area contributed by atoms with Crippen LogP contribution in [0.25, 0.3) is 0 Å². The van der Waals surface area contributed by atoms with Crippen molar-refractivity contribution < 1.29 is 13.2 Å². The SMILES string of the molecule is CN1CCC[C@@H]1CN(C)S(=O)(=O)NC(=O)Nc1c2c(cc3c1CCC3)CCC2.[K]. The van der Waals surface area contributed by atoms with Crippen LogP contribution in [0.2, 0.25) is 0 Å². The molecule has 1 fully saturated rings. The molecule has 1 aromatic carbocycles. The second kappa shape index (κ2) is 9.64. The number of benzene rings is 1. The molecule has 2 N–H and O–H groups in total. The molecule has 3 aliphatic rings. The van der Waals surface area contributed by atoms with Crippen molar-refractivity contribution in [2.75, 3.05) is 32.5 Å². The zero-order valence-electron chi connectivity index (χ0n) is 17.8. The number of carbonyl (C=O) groups excluding carboxylic acids is 1. The van der Waals surface area contributed by atoms with Crippen molar-refractivity contribution in [3.63, 3.8) is 0 Å². The maximum atomic E-state index is 12.6. The fraction of sp³-hybridized carbons (Fsp3) is 0.650. The number of aryl methyl sites for hydroxylation is 2. The smallest absolute Gasteiger partial charge is 0.307 e. The van der Waals surface area contributed by atoms with Crippen LogP contribution in [-0.4, -0.2) is 108 Å². The summed E-state index contributed by atoms with van der Waals surface area (Å²) in [4.78, 5) is 14.8. The Balaban J connectivity index is 0.00000240. The van der Waals surface area contributed by atoms with Gasteiger partial charge in [0.25, 0.3) is 0 Å². The van der Waals surface area contributed by atoms with Crippen LogP contribution in [0.5, 0.6) is 0 Å². The summed E-state index contributed by atoms with van der Waals surface area (Å²) in [5, 5.41) is 2.89. The zero-order valence-corrected chi connectivity index (χ0v) is 21.7. The third-order valence-corrected chi connectivity index (χ3v) is 7.90. The molecule has 0 bridgehead atoms. The van der Waals surface area contributed by atoms with Crippen LogP contribution >= 0.6 is 0 Å². The van der Waals surface area contributed by atoms with Crippen molar-refractivity contribution in [3.05, 3.63) is 28.3 Å². The van der Waals surface area contributed by atoms with Crippen LogP contribution in [0.1, 0.15) is 47.9 Å². The third kappa shape index (κ3) is 5.09. The Morgan fingerprint density at radius 3 is 2.31 bits per heavy atom. The van der Waals surface area contributed by atoms with E-state index in [1.165, 1.54) is 33.6 Å². The van der Waals surface area contributed by atoms with Crippen LogP contribution in [-0.2, 0) is 35.9 Å². The minimum atomic E-state index is -3.87. The first-order chi connectivity index (χ1) is 13.3. The summed E-state index contributed by atoms with van der Waals surface area (Å²) in [6.07, 6.45) is 8.19. The van der Waals surface area contributed by atoms with E-state index in [0.29, 0.717) is 6.54 Å². The number of urea groups is 1. The molecule has 0 spiro atoms. The molecule has 1 saturated heterocycles. The Bertz CT molecular complexity index is 858. The molecule has 0 unspecified atom stereocenters. The van der Waals surface area contributed by atoms with Crippen molar-refractivity contribution in [1.29, 1.82) is 0 Å². The van der Waals surface area contributed by atoms with E-state index < -0.39 is 16.2 Å². The topological polar surface area (TPSA) is 81.8 Å². The molecule has 4 rings (SSSR count). The number of likely N-dealkylation sites (tertiary alicyclic amines) is 1. The number of hydrogen-bond donors (Lipinski definition) is 2. The molecule has 0 saturated carbocycles. The molecule has 1 heterocycles. The quantitative estimate of drug-likeness (QED) is 0.676. The summed E-state index contributed by atoms with van der Waals surface area (Å²) >= 11 is 0. The second-order valence-corrected chi connectivity index (χ2v) is 10.1. The number of nitrogens with one attached hydrogen (secondary N) is 2. The van der Waals surface area contributed by atoms with Crippen molar-refractivity contribution in [2.24, 2.45) is 0 Å². The van der Waals surface area contributed by atoms with Gasteiger partial charge in [0.15, 0.2) is 0 Å². The predicted molar refractivity (Wildman–Crippen MR) is 116 cm³/mol. The number of fused-ring (bicyclic) bond motifs is 2. The zero-order chi connectivity index (χ0) is 19.9. The summed E-state index contributed by atoms with van der Waals surface area (Å²) in [6, 6.07) is 1.82. The largest absolute Gasteiger partial charge is 0.333 e. The van der Waals surface area contributed by atoms with Crippen molar-refractivity contribution in [1.82, 2.24) is 13.9 Å². The van der Waals surface area contributed by atoms with E-state index in [4.69, 9.17) is 0 Å². The number of likely N-dealkylation sites (N-methyl/N-ethyl adjacent to an activating group) is 2. The summed E-state index contributed by atoms with van der Waals surface area (Å²) in [5.74, 6) is 0. The van der Waals surface area contributed by atoms with Gasteiger partial charge in [-0.3, -0.25) is 0 Å². The monoisotopic (exact) mass is 445 g/mol. The Morgan fingerprint density at radius 2 is 1.76 bits per heavy atom. The average Bonchev–Trinajstić information content (AvgIpc) is 3.35. The summed E-state index contributed by atoms with van der Waals surface area (Å²) < 4.78 is 28.7. The van der Waals surface area contributed by atoms with Gasteiger partial charge < -0.3 is 10.2 Å². The van der Waals surface area contributed by atoms with E-state index in [9.17, 15) is 13.2 Å². The second-order valence-electron chi connectivity index (χ2n) is 8.35. The first-order valence-corrected chi connectivity index (χ1v) is 11.7. The molecule has 7 nitrogen and oxygen atoms in total. The Morgan fingerprint density at radius 1 is 1.14 bits per heavy atom. The van der Waals surface area contributed by atoms with E-state index in [1.54, 1.807) is 0 Å². The van der Waals surface area contributed by atoms with Crippen molar-refractivity contribution in [3.8, 4) is 0 Å². The van der Waals surface area contributed by atoms with Gasteiger partial charge in [0.1, 0.15) is 0 Å². The molecule has 0 aromatic heterocycles. The van der Waals surface area contributed by atoms with E-state index in [0.717, 1.165) is 63.6 Å². The first kappa shape index (κ1) is 23.7. The maximum absolute atomic E-state index is 12.6. The number of carbonyl (C=O) groups is 1. The Hall–Kier alpha value is -0.00364. The molecule has 29 heavy (non-hydrogen) atoms. The molecule has 2 aliphatic carbocycles. The van der Waals surface area contributed by atoms with Gasteiger partial charge in [0, 0.05) is 76.7 Å². The fourth-order valence-electron chi connectivity index (χ4n) is 4.91. The number of hydrogen-bond acceptors (Lipinski definition) is 4. The number of amides is 2. The summed E-state index contributed by atoms with van der Waals surface area (Å²) in [7, 11) is -0.338. The fourth-order valence-corrected chi connectivity index (χ4v) is 5.72. The molecular formula is C20H30KN4O3S. The van der Waals surface area contributed by atoms with Crippen LogP contribution in [0.4, 0.5) is 10.5 Å². The normalized spacial score (nSPS) is 21.0. The maximum Gasteiger partial charge on any atom is 0.333 e. The van der Waals surface area contributed by atoms with E-state index >= 15 is 0 Å². The van der Waals surface area contributed by atoms with Gasteiger partial charge >= 0.3 is 16.2 Å². The molecule has 1 radical (unpaired) electrons. The summed E-state index contributed by atoms with van der Waals surface area (Å²) in [5.41, 5.74) is 5.84. The molecule has 2 amide bonds. The Kier molecular flexibility index (Phi) is 7.87. The third-order valence-electron chi connectivity index (χ3n) is 6.48. The minimum absolute atomic E-state index is 0. The van der Waals surface area contributed by atoms with Gasteiger partial charge in [-0.1, -0.05) is 6.07 Å². The van der Waals surface area contributed by atoms with Gasteiger partial charge in [-0.25, -0.2) is 9.52 Å². The van der Waals surface area contributed by atoms with Crippen molar-refractivity contribution >= 4 is 73.3 Å². The van der Waals surface area contributed by atoms with Gasteiger partial charge in [0.2, 0.25) is 0 Å². The van der Waals surface area contributed by atoms with E-state index in [2.05, 4.69) is 21.0 Å². The molecule has 9 heteroatoms.